The van der Waals surface area contributed by atoms with Gasteiger partial charge in [0.25, 0.3) is 5.91 Å². The maximum Gasteiger partial charge on any atom is 0.255 e. The van der Waals surface area contributed by atoms with Gasteiger partial charge in [-0.15, -0.1) is 0 Å². The molecule has 0 radical (unpaired) electrons. The van der Waals surface area contributed by atoms with Crippen LogP contribution in [0.15, 0.2) is 47.4 Å². The van der Waals surface area contributed by atoms with Crippen LogP contribution in [-0.4, -0.2) is 31.7 Å². The van der Waals surface area contributed by atoms with E-state index in [0.717, 1.165) is 37.7 Å². The number of carbonyl (C=O) groups is 1. The van der Waals surface area contributed by atoms with Crippen LogP contribution in [0.3, 0.4) is 0 Å². The molecule has 1 N–H and O–H groups in total. The van der Waals surface area contributed by atoms with Crippen molar-refractivity contribution in [3.8, 4) is 0 Å². The second-order valence-electron chi connectivity index (χ2n) is 7.30. The van der Waals surface area contributed by atoms with Crippen molar-refractivity contribution in [1.29, 1.82) is 0 Å². The van der Waals surface area contributed by atoms with Gasteiger partial charge in [-0.25, -0.2) is 8.42 Å². The van der Waals surface area contributed by atoms with Crippen molar-refractivity contribution in [2.45, 2.75) is 50.8 Å². The Morgan fingerprint density at radius 2 is 1.64 bits per heavy atom. The number of carbonyl (C=O) groups excluding carboxylic acids is 1. The number of anilines is 1. The molecule has 0 aliphatic carbocycles. The Kier molecular flexibility index (Phi) is 6.52. The first-order valence-corrected chi connectivity index (χ1v) is 11.4. The Morgan fingerprint density at radius 1 is 1.00 bits per heavy atom. The molecule has 0 saturated carbocycles. The van der Waals surface area contributed by atoms with Gasteiger partial charge in [0, 0.05) is 24.3 Å². The minimum Gasteiger partial charge on any atom is -0.322 e. The quantitative estimate of drug-likeness (QED) is 0.810. The summed E-state index contributed by atoms with van der Waals surface area (Å²) in [6.07, 6.45) is 4.82. The normalized spacial score (nSPS) is 15.8. The Hall–Kier alpha value is -2.18. The van der Waals surface area contributed by atoms with Gasteiger partial charge in [0.2, 0.25) is 10.0 Å². The van der Waals surface area contributed by atoms with Crippen LogP contribution < -0.4 is 5.32 Å². The first kappa shape index (κ1) is 20.6. The van der Waals surface area contributed by atoms with Crippen LogP contribution in [0.4, 0.5) is 5.69 Å². The highest BCUT2D eigenvalue weighted by atomic mass is 32.2. The van der Waals surface area contributed by atoms with Crippen LogP contribution in [-0.2, 0) is 16.4 Å². The summed E-state index contributed by atoms with van der Waals surface area (Å²) < 4.78 is 27.6. The highest BCUT2D eigenvalue weighted by Crippen LogP contribution is 2.23. The molecule has 1 heterocycles. The lowest BCUT2D eigenvalue weighted by atomic mass is 10.1. The lowest BCUT2D eigenvalue weighted by Gasteiger charge is -2.20. The molecule has 150 valence electrons. The largest absolute Gasteiger partial charge is 0.322 e. The Labute approximate surface area is 167 Å². The summed E-state index contributed by atoms with van der Waals surface area (Å²) in [5.74, 6) is -0.297. The van der Waals surface area contributed by atoms with E-state index in [-0.39, 0.29) is 10.8 Å². The molecule has 0 aromatic heterocycles. The molecule has 2 aromatic rings. The topological polar surface area (TPSA) is 66.5 Å². The lowest BCUT2D eigenvalue weighted by Crippen LogP contribution is -2.32. The summed E-state index contributed by atoms with van der Waals surface area (Å²) in [6.45, 7) is 4.98. The van der Waals surface area contributed by atoms with E-state index in [2.05, 4.69) is 12.2 Å². The smallest absolute Gasteiger partial charge is 0.255 e. The fraction of sp³-hybridized carbons (Fsp3) is 0.409. The van der Waals surface area contributed by atoms with Crippen LogP contribution in [0.5, 0.6) is 0 Å². The second kappa shape index (κ2) is 8.88. The zero-order valence-corrected chi connectivity index (χ0v) is 17.4. The van der Waals surface area contributed by atoms with Gasteiger partial charge in [0.05, 0.1) is 4.90 Å². The van der Waals surface area contributed by atoms with Crippen molar-refractivity contribution in [3.63, 3.8) is 0 Å². The number of amides is 1. The molecule has 28 heavy (non-hydrogen) atoms. The fourth-order valence-corrected chi connectivity index (χ4v) is 5.00. The number of nitrogens with one attached hydrogen (secondary N) is 1. The van der Waals surface area contributed by atoms with E-state index in [4.69, 9.17) is 0 Å². The molecule has 1 fully saturated rings. The van der Waals surface area contributed by atoms with Gasteiger partial charge < -0.3 is 5.32 Å². The number of benzene rings is 2. The zero-order valence-electron chi connectivity index (χ0n) is 16.6. The predicted molar refractivity (Wildman–Crippen MR) is 112 cm³/mol. The van der Waals surface area contributed by atoms with Gasteiger partial charge in [0.1, 0.15) is 0 Å². The minimum atomic E-state index is -3.59. The van der Waals surface area contributed by atoms with Gasteiger partial charge in [-0.05, 0) is 61.6 Å². The molecule has 1 aliphatic heterocycles. The van der Waals surface area contributed by atoms with Crippen molar-refractivity contribution in [3.05, 3.63) is 59.2 Å². The number of hydrogen-bond acceptors (Lipinski definition) is 3. The van der Waals surface area contributed by atoms with Crippen molar-refractivity contribution in [1.82, 2.24) is 4.31 Å². The molecule has 0 unspecified atom stereocenters. The Morgan fingerprint density at radius 3 is 2.25 bits per heavy atom. The summed E-state index contributed by atoms with van der Waals surface area (Å²) in [6, 6.07) is 12.5. The van der Waals surface area contributed by atoms with Crippen molar-refractivity contribution in [2.24, 2.45) is 0 Å². The average Bonchev–Trinajstić information content (AvgIpc) is 2.99. The molecule has 3 rings (SSSR count). The molecule has 1 saturated heterocycles. The molecule has 5 nitrogen and oxygen atoms in total. The molecule has 2 aromatic carbocycles. The van der Waals surface area contributed by atoms with Crippen molar-refractivity contribution in [2.75, 3.05) is 18.4 Å². The molecule has 0 spiro atoms. The van der Waals surface area contributed by atoms with Crippen LogP contribution >= 0.6 is 0 Å². The van der Waals surface area contributed by atoms with E-state index in [9.17, 15) is 13.2 Å². The predicted octanol–water partition coefficient (Wildman–Crippen LogP) is 4.37. The Bertz CT molecular complexity index is 929. The van der Waals surface area contributed by atoms with Crippen LogP contribution in [0, 0.1) is 6.92 Å². The fourth-order valence-electron chi connectivity index (χ4n) is 3.46. The lowest BCUT2D eigenvalue weighted by molar-refractivity contribution is 0.102. The van der Waals surface area contributed by atoms with Crippen molar-refractivity contribution < 1.29 is 13.2 Å². The standard InChI is InChI=1S/C22H28N2O3S/c1-3-18-9-11-19(12-10-18)23-22(25)21-16-20(13-8-17(21)2)28(26,27)24-14-6-4-5-7-15-24/h8-13,16H,3-7,14-15H2,1-2H3,(H,23,25). The van der Waals surface area contributed by atoms with Crippen LogP contribution in [0.25, 0.3) is 0 Å². The first-order valence-electron chi connectivity index (χ1n) is 9.93. The molecule has 1 aliphatic rings. The van der Waals surface area contributed by atoms with Gasteiger partial charge in [0.15, 0.2) is 0 Å². The molecular weight excluding hydrogens is 372 g/mol. The van der Waals surface area contributed by atoms with E-state index in [1.165, 1.54) is 11.6 Å². The number of sulfonamides is 1. The van der Waals surface area contributed by atoms with Crippen molar-refractivity contribution >= 4 is 21.6 Å². The summed E-state index contributed by atoms with van der Waals surface area (Å²) in [4.78, 5) is 13.0. The van der Waals surface area contributed by atoms with E-state index < -0.39 is 10.0 Å². The third kappa shape index (κ3) is 4.62. The van der Waals surface area contributed by atoms with E-state index in [1.54, 1.807) is 16.4 Å². The second-order valence-corrected chi connectivity index (χ2v) is 9.24. The van der Waals surface area contributed by atoms with Gasteiger partial charge in [-0.2, -0.15) is 4.31 Å². The number of nitrogens with zero attached hydrogens (tertiary/aromatic N) is 1. The van der Waals surface area contributed by atoms with Gasteiger partial charge >= 0.3 is 0 Å². The number of rotatable bonds is 5. The van der Waals surface area contributed by atoms with Crippen LogP contribution in [0.2, 0.25) is 0 Å². The minimum absolute atomic E-state index is 0.187. The molecule has 6 heteroatoms. The Balaban J connectivity index is 1.84. The average molecular weight is 401 g/mol. The highest BCUT2D eigenvalue weighted by molar-refractivity contribution is 7.89. The molecule has 0 atom stereocenters. The molecule has 1 amide bonds. The third-order valence-electron chi connectivity index (χ3n) is 5.28. The van der Waals surface area contributed by atoms with Crippen LogP contribution in [0.1, 0.15) is 54.1 Å². The maximum absolute atomic E-state index is 13.0. The molecular formula is C22H28N2O3S. The monoisotopic (exact) mass is 400 g/mol. The maximum atomic E-state index is 13.0. The van der Waals surface area contributed by atoms with E-state index in [0.29, 0.717) is 24.3 Å². The highest BCUT2D eigenvalue weighted by Gasteiger charge is 2.26. The zero-order chi connectivity index (χ0) is 20.1. The third-order valence-corrected chi connectivity index (χ3v) is 7.17. The van der Waals surface area contributed by atoms with Gasteiger partial charge in [-0.1, -0.05) is 38.0 Å². The number of hydrogen-bond donors (Lipinski definition) is 1. The summed E-state index contributed by atoms with van der Waals surface area (Å²) in [5.41, 5.74) is 3.02. The summed E-state index contributed by atoms with van der Waals surface area (Å²) >= 11 is 0. The van der Waals surface area contributed by atoms with E-state index >= 15 is 0 Å². The number of aryl methyl sites for hydroxylation is 2. The first-order chi connectivity index (χ1) is 13.4. The molecule has 0 bridgehead atoms. The summed E-state index contributed by atoms with van der Waals surface area (Å²) in [7, 11) is -3.59. The summed E-state index contributed by atoms with van der Waals surface area (Å²) in [5, 5.41) is 2.87. The van der Waals surface area contributed by atoms with Gasteiger partial charge in [-0.3, -0.25) is 4.79 Å². The SMILES string of the molecule is CCc1ccc(NC(=O)c2cc(S(=O)(=O)N3CCCCCC3)ccc2C)cc1. The van der Waals surface area contributed by atoms with E-state index in [1.807, 2.05) is 31.2 Å².